The summed E-state index contributed by atoms with van der Waals surface area (Å²) >= 11 is 0. The topological polar surface area (TPSA) is 178 Å². The molecule has 1 fully saturated rings. The molecule has 0 aromatic rings. The molecular formula is C48H88O12S. The van der Waals surface area contributed by atoms with Gasteiger partial charge in [0.2, 0.25) is 0 Å². The zero-order valence-electron chi connectivity index (χ0n) is 38.2. The van der Waals surface area contributed by atoms with Gasteiger partial charge in [-0.15, -0.1) is 0 Å². The predicted molar refractivity (Wildman–Crippen MR) is 243 cm³/mol. The van der Waals surface area contributed by atoms with E-state index in [0.717, 1.165) is 64.2 Å². The first-order valence-corrected chi connectivity index (χ1v) is 25.6. The number of hydrogen-bond acceptors (Lipinski definition) is 11. The molecule has 12 nitrogen and oxygen atoms in total. The van der Waals surface area contributed by atoms with E-state index in [9.17, 15) is 33.1 Å². The molecule has 0 radical (unpaired) electrons. The second-order valence-electron chi connectivity index (χ2n) is 16.7. The van der Waals surface area contributed by atoms with E-state index < -0.39 is 59.8 Å². The number of ether oxygens (including phenoxy) is 4. The molecule has 1 aliphatic rings. The maximum atomic E-state index is 12.9. The van der Waals surface area contributed by atoms with Crippen LogP contribution in [0.15, 0.2) is 36.5 Å². The Labute approximate surface area is 371 Å². The minimum Gasteiger partial charge on any atom is -0.457 e. The monoisotopic (exact) mass is 889 g/mol. The smallest absolute Gasteiger partial charge is 0.397 e. The molecule has 0 saturated carbocycles. The van der Waals surface area contributed by atoms with Gasteiger partial charge in [0.25, 0.3) is 0 Å². The first-order valence-electron chi connectivity index (χ1n) is 24.2. The van der Waals surface area contributed by atoms with Gasteiger partial charge in [-0.1, -0.05) is 159 Å². The van der Waals surface area contributed by atoms with Crippen LogP contribution in [-0.2, 0) is 38.3 Å². The SMILES string of the molecule is CCCCC/C=C\C/C=C\CCCCCCCC(=O)OC(COCCCCCCCCCC/C=C\CCCCCCCCC)COC1OC(CO)C(O)C(OS(=O)(=O)O)C1O. The maximum Gasteiger partial charge on any atom is 0.397 e. The number of rotatable bonds is 42. The highest BCUT2D eigenvalue weighted by molar-refractivity contribution is 7.80. The Morgan fingerprint density at radius 1 is 0.623 bits per heavy atom. The van der Waals surface area contributed by atoms with Crippen molar-refractivity contribution >= 4 is 16.4 Å². The van der Waals surface area contributed by atoms with Crippen molar-refractivity contribution in [3.63, 3.8) is 0 Å². The summed E-state index contributed by atoms with van der Waals surface area (Å²) in [5.41, 5.74) is 0. The van der Waals surface area contributed by atoms with E-state index in [-0.39, 0.29) is 19.6 Å². The van der Waals surface area contributed by atoms with Crippen molar-refractivity contribution in [1.82, 2.24) is 0 Å². The van der Waals surface area contributed by atoms with Crippen molar-refractivity contribution in [2.75, 3.05) is 26.4 Å². The minimum absolute atomic E-state index is 0.0290. The summed E-state index contributed by atoms with van der Waals surface area (Å²) in [5, 5.41) is 30.7. The lowest BCUT2D eigenvalue weighted by atomic mass is 9.99. The van der Waals surface area contributed by atoms with Crippen LogP contribution < -0.4 is 0 Å². The zero-order valence-corrected chi connectivity index (χ0v) is 39.0. The second-order valence-corrected chi connectivity index (χ2v) is 17.7. The lowest BCUT2D eigenvalue weighted by Gasteiger charge is -2.41. The molecule has 0 bridgehead atoms. The summed E-state index contributed by atoms with van der Waals surface area (Å²) in [7, 11) is -5.06. The van der Waals surface area contributed by atoms with E-state index in [4.69, 9.17) is 18.9 Å². The molecule has 4 N–H and O–H groups in total. The van der Waals surface area contributed by atoms with Crippen molar-refractivity contribution in [3.8, 4) is 0 Å². The largest absolute Gasteiger partial charge is 0.457 e. The fraction of sp³-hybridized carbons (Fsp3) is 0.854. The lowest BCUT2D eigenvalue weighted by molar-refractivity contribution is -0.301. The van der Waals surface area contributed by atoms with Crippen LogP contribution in [0.2, 0.25) is 0 Å². The number of unbranched alkanes of at least 4 members (excludes halogenated alkanes) is 23. The average Bonchev–Trinajstić information content (AvgIpc) is 3.23. The number of carbonyl (C=O) groups excluding carboxylic acids is 1. The van der Waals surface area contributed by atoms with Crippen molar-refractivity contribution in [2.45, 2.75) is 237 Å². The van der Waals surface area contributed by atoms with E-state index in [1.54, 1.807) is 0 Å². The third-order valence-electron chi connectivity index (χ3n) is 11.0. The first-order chi connectivity index (χ1) is 29.6. The standard InChI is InChI=1S/C48H88O12S/c1-3-5-7-9-11-13-15-17-19-20-21-22-24-26-28-30-32-34-36-38-56-40-42(41-57-48-46(52)47(60-61(53,54)55)45(51)43(39-49)59-48)58-44(50)37-35-33-31-29-27-25-23-18-16-14-12-10-8-6-4-2/h12,14,18-20,23,42-43,45-49,51-52H,3-11,13,15-17,21-22,24-41H2,1-2H3,(H,53,54,55)/b14-12-,20-19-,23-18-. The van der Waals surface area contributed by atoms with Gasteiger partial charge in [-0.25, -0.2) is 4.18 Å². The van der Waals surface area contributed by atoms with Crippen molar-refractivity contribution in [2.24, 2.45) is 0 Å². The molecule has 6 atom stereocenters. The fourth-order valence-corrected chi connectivity index (χ4v) is 7.79. The molecular weight excluding hydrogens is 801 g/mol. The van der Waals surface area contributed by atoms with E-state index in [1.807, 2.05) is 0 Å². The van der Waals surface area contributed by atoms with Gasteiger partial charge in [-0.3, -0.25) is 9.35 Å². The highest BCUT2D eigenvalue weighted by Gasteiger charge is 2.48. The van der Waals surface area contributed by atoms with E-state index in [0.29, 0.717) is 13.0 Å². The number of aliphatic hydroxyl groups excluding tert-OH is 3. The molecule has 1 saturated heterocycles. The molecule has 1 heterocycles. The van der Waals surface area contributed by atoms with Crippen LogP contribution in [-0.4, -0.2) is 97.5 Å². The third-order valence-corrected chi connectivity index (χ3v) is 11.5. The van der Waals surface area contributed by atoms with Gasteiger partial charge >= 0.3 is 16.4 Å². The van der Waals surface area contributed by atoms with Crippen molar-refractivity contribution in [1.29, 1.82) is 0 Å². The van der Waals surface area contributed by atoms with Crippen LogP contribution >= 0.6 is 0 Å². The number of aliphatic hydroxyl groups is 3. The molecule has 358 valence electrons. The molecule has 1 aliphatic heterocycles. The van der Waals surface area contributed by atoms with Gasteiger partial charge in [-0.2, -0.15) is 8.42 Å². The molecule has 0 aliphatic carbocycles. The van der Waals surface area contributed by atoms with Gasteiger partial charge in [0.15, 0.2) is 6.29 Å². The van der Waals surface area contributed by atoms with E-state index in [1.165, 1.54) is 109 Å². The Bertz CT molecular complexity index is 1210. The van der Waals surface area contributed by atoms with Gasteiger partial charge in [0.1, 0.15) is 30.5 Å². The van der Waals surface area contributed by atoms with Crippen LogP contribution in [0.5, 0.6) is 0 Å². The highest BCUT2D eigenvalue weighted by Crippen LogP contribution is 2.26. The van der Waals surface area contributed by atoms with E-state index >= 15 is 0 Å². The molecule has 0 aromatic carbocycles. The van der Waals surface area contributed by atoms with Crippen LogP contribution in [0.3, 0.4) is 0 Å². The van der Waals surface area contributed by atoms with Crippen molar-refractivity contribution in [3.05, 3.63) is 36.5 Å². The quantitative estimate of drug-likeness (QED) is 0.0198. The third kappa shape index (κ3) is 33.5. The van der Waals surface area contributed by atoms with Crippen LogP contribution in [0.1, 0.15) is 200 Å². The Kier molecular flexibility index (Phi) is 37.5. The minimum atomic E-state index is -5.06. The Morgan fingerprint density at radius 2 is 1.08 bits per heavy atom. The number of carbonyl (C=O) groups is 1. The van der Waals surface area contributed by atoms with Gasteiger partial charge in [-0.05, 0) is 70.6 Å². The van der Waals surface area contributed by atoms with Crippen LogP contribution in [0, 0.1) is 0 Å². The van der Waals surface area contributed by atoms with Gasteiger partial charge < -0.3 is 34.3 Å². The van der Waals surface area contributed by atoms with Gasteiger partial charge in [0, 0.05) is 13.0 Å². The molecule has 6 unspecified atom stereocenters. The average molecular weight is 889 g/mol. The fourth-order valence-electron chi connectivity index (χ4n) is 7.29. The first kappa shape index (κ1) is 57.3. The summed E-state index contributed by atoms with van der Waals surface area (Å²) in [6.45, 7) is 3.95. The van der Waals surface area contributed by atoms with Crippen LogP contribution in [0.4, 0.5) is 0 Å². The Balaban J connectivity index is 2.40. The molecule has 0 aromatic heterocycles. The highest BCUT2D eigenvalue weighted by atomic mass is 32.3. The summed E-state index contributed by atoms with van der Waals surface area (Å²) in [4.78, 5) is 12.9. The number of allylic oxidation sites excluding steroid dienone is 6. The summed E-state index contributed by atoms with van der Waals surface area (Å²) in [6, 6.07) is 0. The Morgan fingerprint density at radius 3 is 1.61 bits per heavy atom. The molecule has 0 amide bonds. The van der Waals surface area contributed by atoms with Crippen LogP contribution in [0.25, 0.3) is 0 Å². The Hall–Kier alpha value is -1.68. The number of hydrogen-bond donors (Lipinski definition) is 4. The molecule has 13 heteroatoms. The van der Waals surface area contributed by atoms with E-state index in [2.05, 4.69) is 54.5 Å². The number of esters is 1. The molecule has 0 spiro atoms. The van der Waals surface area contributed by atoms with Gasteiger partial charge in [0.05, 0.1) is 19.8 Å². The second kappa shape index (κ2) is 39.9. The normalized spacial score (nSPS) is 20.4. The zero-order chi connectivity index (χ0) is 44.7. The predicted octanol–water partition coefficient (Wildman–Crippen LogP) is 10.6. The maximum absolute atomic E-state index is 12.9. The molecule has 61 heavy (non-hydrogen) atoms. The summed E-state index contributed by atoms with van der Waals surface area (Å²) < 4.78 is 59.1. The summed E-state index contributed by atoms with van der Waals surface area (Å²) in [5.74, 6) is -0.413. The summed E-state index contributed by atoms with van der Waals surface area (Å²) in [6.07, 6.45) is 37.4. The lowest BCUT2D eigenvalue weighted by Crippen LogP contribution is -2.60. The molecule has 1 rings (SSSR count). The van der Waals surface area contributed by atoms with Crippen molar-refractivity contribution < 1.29 is 56.2 Å².